The lowest BCUT2D eigenvalue weighted by Crippen LogP contribution is -2.13. The third-order valence-corrected chi connectivity index (χ3v) is 3.58. The number of thioether (sulfide) groups is 1. The monoisotopic (exact) mass is 295 g/mol. The van der Waals surface area contributed by atoms with Gasteiger partial charge in [0.2, 0.25) is 5.91 Å². The minimum atomic E-state index is -0.282. The van der Waals surface area contributed by atoms with Gasteiger partial charge in [-0.15, -0.1) is 11.8 Å². The van der Waals surface area contributed by atoms with E-state index in [1.54, 1.807) is 36.4 Å². The maximum absolute atomic E-state index is 12.7. The van der Waals surface area contributed by atoms with E-state index in [2.05, 4.69) is 5.32 Å². The molecule has 2 nitrogen and oxygen atoms in total. The third kappa shape index (κ3) is 4.58. The molecular formula is C14H11ClFNOS. The lowest BCUT2D eigenvalue weighted by Gasteiger charge is -2.05. The van der Waals surface area contributed by atoms with E-state index in [0.29, 0.717) is 10.7 Å². The highest BCUT2D eigenvalue weighted by molar-refractivity contribution is 8.00. The van der Waals surface area contributed by atoms with E-state index in [1.165, 1.54) is 23.9 Å². The predicted octanol–water partition coefficient (Wildman–Crippen LogP) is 4.21. The average molecular weight is 296 g/mol. The van der Waals surface area contributed by atoms with Gasteiger partial charge in [-0.25, -0.2) is 4.39 Å². The molecule has 0 fully saturated rings. The first kappa shape index (κ1) is 13.9. The predicted molar refractivity (Wildman–Crippen MR) is 77.2 cm³/mol. The van der Waals surface area contributed by atoms with Gasteiger partial charge < -0.3 is 5.32 Å². The quantitative estimate of drug-likeness (QED) is 0.856. The summed E-state index contributed by atoms with van der Waals surface area (Å²) in [6, 6.07) is 12.9. The lowest BCUT2D eigenvalue weighted by atomic mass is 10.3. The van der Waals surface area contributed by atoms with Crippen molar-refractivity contribution in [2.45, 2.75) is 4.90 Å². The Morgan fingerprint density at radius 1 is 1.11 bits per heavy atom. The van der Waals surface area contributed by atoms with Crippen LogP contribution in [0.2, 0.25) is 5.02 Å². The van der Waals surface area contributed by atoms with Gasteiger partial charge in [-0.05, 0) is 48.5 Å². The minimum absolute atomic E-state index is 0.114. The number of hydrogen-bond donors (Lipinski definition) is 1. The molecule has 0 saturated carbocycles. The number of nitrogens with one attached hydrogen (secondary N) is 1. The van der Waals surface area contributed by atoms with Gasteiger partial charge in [0.05, 0.1) is 5.75 Å². The summed E-state index contributed by atoms with van der Waals surface area (Å²) in [4.78, 5) is 12.6. The Morgan fingerprint density at radius 2 is 1.74 bits per heavy atom. The first-order valence-corrected chi connectivity index (χ1v) is 6.93. The van der Waals surface area contributed by atoms with Gasteiger partial charge in [-0.1, -0.05) is 11.6 Å². The van der Waals surface area contributed by atoms with E-state index in [4.69, 9.17) is 11.6 Å². The van der Waals surface area contributed by atoms with Crippen LogP contribution in [0.15, 0.2) is 53.4 Å². The Bertz CT molecular complexity index is 557. The Balaban J connectivity index is 1.84. The normalized spacial score (nSPS) is 10.2. The zero-order valence-corrected chi connectivity index (χ0v) is 11.5. The first-order valence-electron chi connectivity index (χ1n) is 5.57. The molecule has 0 radical (unpaired) electrons. The van der Waals surface area contributed by atoms with Crippen molar-refractivity contribution in [2.24, 2.45) is 0 Å². The van der Waals surface area contributed by atoms with E-state index >= 15 is 0 Å². The summed E-state index contributed by atoms with van der Waals surface area (Å²) in [6.07, 6.45) is 0. The van der Waals surface area contributed by atoms with Crippen LogP contribution < -0.4 is 5.32 Å². The molecular weight excluding hydrogens is 285 g/mol. The second-order valence-corrected chi connectivity index (χ2v) is 5.28. The molecule has 0 heterocycles. The number of benzene rings is 2. The fourth-order valence-electron chi connectivity index (χ4n) is 1.41. The average Bonchev–Trinajstić information content (AvgIpc) is 2.41. The van der Waals surface area contributed by atoms with E-state index < -0.39 is 0 Å². The molecule has 0 aliphatic heterocycles. The third-order valence-electron chi connectivity index (χ3n) is 2.31. The number of anilines is 1. The van der Waals surface area contributed by atoms with Crippen LogP contribution in [0.4, 0.5) is 10.1 Å². The van der Waals surface area contributed by atoms with Crippen molar-refractivity contribution in [1.29, 1.82) is 0 Å². The highest BCUT2D eigenvalue weighted by Crippen LogP contribution is 2.19. The molecule has 0 aliphatic carbocycles. The van der Waals surface area contributed by atoms with E-state index in [-0.39, 0.29) is 17.5 Å². The summed E-state index contributed by atoms with van der Waals surface area (Å²) in [6.45, 7) is 0. The lowest BCUT2D eigenvalue weighted by molar-refractivity contribution is -0.113. The van der Waals surface area contributed by atoms with Crippen LogP contribution in [-0.4, -0.2) is 11.7 Å². The van der Waals surface area contributed by atoms with Crippen LogP contribution in [0, 0.1) is 5.82 Å². The Morgan fingerprint density at radius 3 is 2.37 bits per heavy atom. The summed E-state index contributed by atoms with van der Waals surface area (Å²) in [5, 5.41) is 3.38. The zero-order valence-electron chi connectivity index (χ0n) is 9.90. The SMILES string of the molecule is O=C(CSc1ccc(F)cc1)Nc1ccc(Cl)cc1. The van der Waals surface area contributed by atoms with Gasteiger partial charge in [-0.2, -0.15) is 0 Å². The van der Waals surface area contributed by atoms with E-state index in [9.17, 15) is 9.18 Å². The van der Waals surface area contributed by atoms with Crippen molar-refractivity contribution >= 4 is 35.0 Å². The number of rotatable bonds is 4. The van der Waals surface area contributed by atoms with Gasteiger partial charge in [0.1, 0.15) is 5.82 Å². The summed E-state index contributed by atoms with van der Waals surface area (Å²) in [5.74, 6) is -0.125. The van der Waals surface area contributed by atoms with E-state index in [0.717, 1.165) is 4.90 Å². The molecule has 0 bridgehead atoms. The van der Waals surface area contributed by atoms with Crippen molar-refractivity contribution in [1.82, 2.24) is 0 Å². The fourth-order valence-corrected chi connectivity index (χ4v) is 2.23. The van der Waals surface area contributed by atoms with E-state index in [1.807, 2.05) is 0 Å². The molecule has 2 aromatic rings. The van der Waals surface area contributed by atoms with Crippen molar-refractivity contribution in [3.63, 3.8) is 0 Å². The molecule has 0 unspecified atom stereocenters. The Kier molecular flexibility index (Phi) is 4.82. The maximum Gasteiger partial charge on any atom is 0.234 e. The fraction of sp³-hybridized carbons (Fsp3) is 0.0714. The van der Waals surface area contributed by atoms with Gasteiger partial charge in [0.25, 0.3) is 0 Å². The van der Waals surface area contributed by atoms with Crippen LogP contribution >= 0.6 is 23.4 Å². The van der Waals surface area contributed by atoms with Crippen LogP contribution in [0.25, 0.3) is 0 Å². The number of halogens is 2. The Labute approximate surface area is 120 Å². The molecule has 0 spiro atoms. The largest absolute Gasteiger partial charge is 0.325 e. The zero-order chi connectivity index (χ0) is 13.7. The van der Waals surface area contributed by atoms with Crippen LogP contribution in [0.5, 0.6) is 0 Å². The molecule has 2 aromatic carbocycles. The van der Waals surface area contributed by atoms with Crippen LogP contribution in [0.1, 0.15) is 0 Å². The summed E-state index contributed by atoms with van der Waals surface area (Å²) in [5.41, 5.74) is 0.703. The second kappa shape index (κ2) is 6.59. The summed E-state index contributed by atoms with van der Waals surface area (Å²) < 4.78 is 12.7. The summed E-state index contributed by atoms with van der Waals surface area (Å²) >= 11 is 7.11. The maximum atomic E-state index is 12.7. The molecule has 2 rings (SSSR count). The van der Waals surface area contributed by atoms with Crippen molar-refractivity contribution in [3.05, 3.63) is 59.4 Å². The number of carbonyl (C=O) groups is 1. The molecule has 0 aliphatic rings. The molecule has 1 N–H and O–H groups in total. The van der Waals surface area contributed by atoms with Crippen molar-refractivity contribution in [3.8, 4) is 0 Å². The highest BCUT2D eigenvalue weighted by atomic mass is 35.5. The van der Waals surface area contributed by atoms with Crippen LogP contribution in [-0.2, 0) is 4.79 Å². The molecule has 0 saturated heterocycles. The van der Waals surface area contributed by atoms with Gasteiger partial charge in [0.15, 0.2) is 0 Å². The smallest absolute Gasteiger partial charge is 0.234 e. The van der Waals surface area contributed by atoms with Crippen molar-refractivity contribution in [2.75, 3.05) is 11.1 Å². The molecule has 98 valence electrons. The minimum Gasteiger partial charge on any atom is -0.325 e. The first-order chi connectivity index (χ1) is 9.13. The standard InChI is InChI=1S/C14H11ClFNOS/c15-10-1-5-12(6-2-10)17-14(18)9-19-13-7-3-11(16)4-8-13/h1-8H,9H2,(H,17,18). The van der Waals surface area contributed by atoms with Gasteiger partial charge >= 0.3 is 0 Å². The molecule has 0 aromatic heterocycles. The van der Waals surface area contributed by atoms with Crippen LogP contribution in [0.3, 0.4) is 0 Å². The molecule has 1 amide bonds. The van der Waals surface area contributed by atoms with Gasteiger partial charge in [-0.3, -0.25) is 4.79 Å². The molecule has 5 heteroatoms. The topological polar surface area (TPSA) is 29.1 Å². The number of hydrogen-bond acceptors (Lipinski definition) is 2. The van der Waals surface area contributed by atoms with Gasteiger partial charge in [0, 0.05) is 15.6 Å². The second-order valence-electron chi connectivity index (χ2n) is 3.80. The molecule has 0 atom stereocenters. The summed E-state index contributed by atoms with van der Waals surface area (Å²) in [7, 11) is 0. The highest BCUT2D eigenvalue weighted by Gasteiger charge is 2.04. The van der Waals surface area contributed by atoms with Crippen molar-refractivity contribution < 1.29 is 9.18 Å². The molecule has 19 heavy (non-hydrogen) atoms. The number of carbonyl (C=O) groups excluding carboxylic acids is 1. The number of amides is 1. The Hall–Kier alpha value is -1.52.